The third-order valence-corrected chi connectivity index (χ3v) is 5.59. The number of nitrogens with zero attached hydrogens (tertiary/aromatic N) is 5. The van der Waals surface area contributed by atoms with Gasteiger partial charge in [-0.1, -0.05) is 30.3 Å². The van der Waals surface area contributed by atoms with Gasteiger partial charge in [-0.05, 0) is 25.0 Å². The van der Waals surface area contributed by atoms with E-state index in [1.54, 1.807) is 4.90 Å². The van der Waals surface area contributed by atoms with Crippen molar-refractivity contribution >= 4 is 18.1 Å². The zero-order valence-electron chi connectivity index (χ0n) is 15.9. The summed E-state index contributed by atoms with van der Waals surface area (Å²) in [5, 5.41) is 8.79. The smallest absolute Gasteiger partial charge is 0.227 e. The van der Waals surface area contributed by atoms with E-state index in [-0.39, 0.29) is 11.8 Å². The molecule has 2 amide bonds. The molecule has 0 N–H and O–H groups in total. The Labute approximate surface area is 165 Å². The third kappa shape index (κ3) is 3.98. The Morgan fingerprint density at radius 2 is 1.75 bits per heavy atom. The first kappa shape index (κ1) is 18.4. The molecule has 1 atom stereocenters. The molecule has 2 fully saturated rings. The zero-order valence-corrected chi connectivity index (χ0v) is 15.9. The van der Waals surface area contributed by atoms with Gasteiger partial charge in [0, 0.05) is 44.8 Å². The van der Waals surface area contributed by atoms with Crippen molar-refractivity contribution in [1.82, 2.24) is 20.0 Å². The van der Waals surface area contributed by atoms with Gasteiger partial charge in [0.05, 0.1) is 11.6 Å². The summed E-state index contributed by atoms with van der Waals surface area (Å²) in [6, 6.07) is 14.0. The number of hydrogen-bond donors (Lipinski definition) is 0. The van der Waals surface area contributed by atoms with Gasteiger partial charge in [0.1, 0.15) is 0 Å². The number of piperazine rings is 1. The molecule has 3 heterocycles. The van der Waals surface area contributed by atoms with E-state index in [4.69, 9.17) is 0 Å². The lowest BCUT2D eigenvalue weighted by Gasteiger charge is -2.38. The van der Waals surface area contributed by atoms with Crippen LogP contribution in [-0.4, -0.2) is 71.6 Å². The Morgan fingerprint density at radius 3 is 2.43 bits per heavy atom. The summed E-state index contributed by atoms with van der Waals surface area (Å²) in [6.07, 6.45) is 2.73. The van der Waals surface area contributed by atoms with E-state index in [1.807, 2.05) is 47.4 Å². The van der Waals surface area contributed by atoms with Crippen molar-refractivity contribution in [2.75, 3.05) is 44.2 Å². The van der Waals surface area contributed by atoms with E-state index in [2.05, 4.69) is 15.1 Å². The number of rotatable bonds is 4. The van der Waals surface area contributed by atoms with E-state index >= 15 is 0 Å². The van der Waals surface area contributed by atoms with Crippen molar-refractivity contribution in [1.29, 1.82) is 0 Å². The maximum absolute atomic E-state index is 12.9. The molecule has 4 rings (SSSR count). The predicted octanol–water partition coefficient (Wildman–Crippen LogP) is 1.66. The number of piperidine rings is 1. The summed E-state index contributed by atoms with van der Waals surface area (Å²) < 4.78 is 0. The molecule has 7 nitrogen and oxygen atoms in total. The first-order valence-electron chi connectivity index (χ1n) is 9.87. The minimum absolute atomic E-state index is 0.0212. The van der Waals surface area contributed by atoms with Crippen LogP contribution in [0, 0.1) is 5.92 Å². The molecule has 1 unspecified atom stereocenters. The average molecular weight is 379 g/mol. The Hall–Kier alpha value is -2.96. The predicted molar refractivity (Wildman–Crippen MR) is 107 cm³/mol. The average Bonchev–Trinajstić information content (AvgIpc) is 2.79. The maximum Gasteiger partial charge on any atom is 0.227 e. The monoisotopic (exact) mass is 379 g/mol. The number of amides is 2. The number of hydrogen-bond acceptors (Lipinski definition) is 5. The summed E-state index contributed by atoms with van der Waals surface area (Å²) in [6.45, 7) is 4.06. The second-order valence-corrected chi connectivity index (χ2v) is 7.39. The van der Waals surface area contributed by atoms with Crippen molar-refractivity contribution in [2.24, 2.45) is 5.92 Å². The highest BCUT2D eigenvalue weighted by molar-refractivity contribution is 5.80. The van der Waals surface area contributed by atoms with Crippen LogP contribution in [0.3, 0.4) is 0 Å². The van der Waals surface area contributed by atoms with E-state index in [0.717, 1.165) is 42.9 Å². The molecule has 2 aliphatic heterocycles. The molecule has 1 aromatic heterocycles. The molecule has 146 valence electrons. The fourth-order valence-electron chi connectivity index (χ4n) is 3.95. The highest BCUT2D eigenvalue weighted by Gasteiger charge is 2.31. The number of anilines is 1. The summed E-state index contributed by atoms with van der Waals surface area (Å²) in [5.41, 5.74) is 1.89. The molecule has 0 saturated carbocycles. The largest absolute Gasteiger partial charge is 0.354 e. The second-order valence-electron chi connectivity index (χ2n) is 7.39. The van der Waals surface area contributed by atoms with Crippen LogP contribution >= 0.6 is 0 Å². The number of carbonyl (C=O) groups is 2. The van der Waals surface area contributed by atoms with Gasteiger partial charge in [-0.3, -0.25) is 9.59 Å². The lowest BCUT2D eigenvalue weighted by molar-refractivity contribution is -0.139. The molecular formula is C21H25N5O2. The fraction of sp³-hybridized carbons (Fsp3) is 0.429. The van der Waals surface area contributed by atoms with Gasteiger partial charge in [0.25, 0.3) is 0 Å². The lowest BCUT2D eigenvalue weighted by Crippen LogP contribution is -2.52. The molecule has 2 saturated heterocycles. The Bertz CT molecular complexity index is 803. The summed E-state index contributed by atoms with van der Waals surface area (Å²) >= 11 is 0. The van der Waals surface area contributed by atoms with Crippen molar-refractivity contribution in [3.8, 4) is 11.3 Å². The quantitative estimate of drug-likeness (QED) is 0.756. The molecular weight excluding hydrogens is 354 g/mol. The van der Waals surface area contributed by atoms with Crippen molar-refractivity contribution in [3.63, 3.8) is 0 Å². The molecule has 28 heavy (non-hydrogen) atoms. The second kappa shape index (κ2) is 8.37. The van der Waals surface area contributed by atoms with Gasteiger partial charge in [0.15, 0.2) is 5.82 Å². The molecule has 0 spiro atoms. The van der Waals surface area contributed by atoms with Gasteiger partial charge in [0.2, 0.25) is 12.3 Å². The van der Waals surface area contributed by atoms with Crippen LogP contribution in [0.2, 0.25) is 0 Å². The molecule has 7 heteroatoms. The lowest BCUT2D eigenvalue weighted by atomic mass is 9.96. The maximum atomic E-state index is 12.9. The van der Waals surface area contributed by atoms with Gasteiger partial charge in [-0.25, -0.2) is 0 Å². The van der Waals surface area contributed by atoms with Gasteiger partial charge >= 0.3 is 0 Å². The van der Waals surface area contributed by atoms with Gasteiger partial charge < -0.3 is 14.7 Å². The molecule has 0 bridgehead atoms. The number of aromatic nitrogens is 2. The number of benzene rings is 1. The minimum atomic E-state index is -0.0212. The molecule has 0 aliphatic carbocycles. The Kier molecular flexibility index (Phi) is 5.50. The van der Waals surface area contributed by atoms with Crippen molar-refractivity contribution < 1.29 is 9.59 Å². The Morgan fingerprint density at radius 1 is 0.964 bits per heavy atom. The highest BCUT2D eigenvalue weighted by Crippen LogP contribution is 2.24. The van der Waals surface area contributed by atoms with Crippen LogP contribution in [0.15, 0.2) is 42.5 Å². The van der Waals surface area contributed by atoms with E-state index < -0.39 is 0 Å². The van der Waals surface area contributed by atoms with Crippen LogP contribution in [0.25, 0.3) is 11.3 Å². The standard InChI is InChI=1S/C21H25N5O2/c27-16-24-11-13-25(14-12-24)21(28)18-7-4-10-26(15-18)20-9-8-19(22-23-20)17-5-2-1-3-6-17/h1-3,5-6,8-9,16,18H,4,7,10-15H2. The van der Waals surface area contributed by atoms with Crippen LogP contribution in [-0.2, 0) is 9.59 Å². The topological polar surface area (TPSA) is 69.6 Å². The molecule has 2 aliphatic rings. The first-order chi connectivity index (χ1) is 13.7. The highest BCUT2D eigenvalue weighted by atomic mass is 16.2. The minimum Gasteiger partial charge on any atom is -0.354 e. The van der Waals surface area contributed by atoms with Crippen molar-refractivity contribution in [2.45, 2.75) is 12.8 Å². The summed E-state index contributed by atoms with van der Waals surface area (Å²) in [5.74, 6) is 0.999. The third-order valence-electron chi connectivity index (χ3n) is 5.59. The number of carbonyl (C=O) groups excluding carboxylic acids is 2. The zero-order chi connectivity index (χ0) is 19.3. The van der Waals surface area contributed by atoms with Gasteiger partial charge in [-0.15, -0.1) is 10.2 Å². The molecule has 2 aromatic rings. The van der Waals surface area contributed by atoms with Crippen molar-refractivity contribution in [3.05, 3.63) is 42.5 Å². The van der Waals surface area contributed by atoms with E-state index in [9.17, 15) is 9.59 Å². The summed E-state index contributed by atoms with van der Waals surface area (Å²) in [7, 11) is 0. The van der Waals surface area contributed by atoms with E-state index in [0.29, 0.717) is 32.7 Å². The van der Waals surface area contributed by atoms with Crippen LogP contribution in [0.5, 0.6) is 0 Å². The van der Waals surface area contributed by atoms with E-state index in [1.165, 1.54) is 0 Å². The van der Waals surface area contributed by atoms with Crippen LogP contribution < -0.4 is 4.90 Å². The molecule has 0 radical (unpaired) electrons. The fourth-order valence-corrected chi connectivity index (χ4v) is 3.95. The SMILES string of the molecule is O=CN1CCN(C(=O)C2CCCN(c3ccc(-c4ccccc4)nn3)C2)CC1. The molecule has 1 aromatic carbocycles. The van der Waals surface area contributed by atoms with Gasteiger partial charge in [-0.2, -0.15) is 0 Å². The first-order valence-corrected chi connectivity index (χ1v) is 9.87. The summed E-state index contributed by atoms with van der Waals surface area (Å²) in [4.78, 5) is 29.6. The van der Waals surface area contributed by atoms with Crippen LogP contribution in [0.1, 0.15) is 12.8 Å². The normalized spacial score (nSPS) is 20.1. The van der Waals surface area contributed by atoms with Crippen LogP contribution in [0.4, 0.5) is 5.82 Å². The Balaban J connectivity index is 1.39.